The minimum absolute atomic E-state index is 0.00543. The standard InChI is InChI=1S/C65H123NO10/c1-3-5-7-9-11-13-32-37-41-45-49-53-61(70)74-54-50-46-42-38-34-31-29-27-25-23-21-19-17-15-16-18-20-22-24-26-28-30-33-36-40-44-48-52-60(69)66-57(56-75-65-64(73)63(72)62(71)59(55-67)76-65)58(68)51-47-43-39-35-14-12-10-8-6-4-2/h15-16,47,51,57-59,62-65,67-68,71-73H,3-14,17-46,48-50,52-56H2,1-2H3,(H,66,69)/b16-15-,51-47+. The summed E-state index contributed by atoms with van der Waals surface area (Å²) in [4.78, 5) is 25.0. The lowest BCUT2D eigenvalue weighted by Gasteiger charge is -2.40. The molecule has 0 bridgehead atoms. The van der Waals surface area contributed by atoms with Crippen molar-refractivity contribution < 1.29 is 49.3 Å². The molecule has 1 aliphatic rings. The van der Waals surface area contributed by atoms with Gasteiger partial charge in [-0.25, -0.2) is 0 Å². The van der Waals surface area contributed by atoms with E-state index in [4.69, 9.17) is 14.2 Å². The topological polar surface area (TPSA) is 175 Å². The van der Waals surface area contributed by atoms with Gasteiger partial charge in [-0.15, -0.1) is 0 Å². The highest BCUT2D eigenvalue weighted by atomic mass is 16.7. The van der Waals surface area contributed by atoms with Crippen molar-refractivity contribution in [2.24, 2.45) is 0 Å². The highest BCUT2D eigenvalue weighted by Gasteiger charge is 2.44. The average molecular weight is 1080 g/mol. The summed E-state index contributed by atoms with van der Waals surface area (Å²) in [5, 5.41) is 54.3. The molecule has 0 aromatic rings. The molecule has 0 radical (unpaired) electrons. The van der Waals surface area contributed by atoms with Gasteiger partial charge in [0.25, 0.3) is 0 Å². The van der Waals surface area contributed by atoms with E-state index in [9.17, 15) is 35.1 Å². The molecule has 1 fully saturated rings. The number of esters is 1. The van der Waals surface area contributed by atoms with E-state index in [1.165, 1.54) is 231 Å². The highest BCUT2D eigenvalue weighted by Crippen LogP contribution is 2.23. The number of nitrogens with one attached hydrogen (secondary N) is 1. The Kier molecular flexibility index (Phi) is 52.3. The molecule has 0 saturated carbocycles. The van der Waals surface area contributed by atoms with Crippen molar-refractivity contribution in [3.63, 3.8) is 0 Å². The summed E-state index contributed by atoms with van der Waals surface area (Å²) in [5.41, 5.74) is 0. The molecule has 11 nitrogen and oxygen atoms in total. The predicted molar refractivity (Wildman–Crippen MR) is 315 cm³/mol. The van der Waals surface area contributed by atoms with Crippen LogP contribution in [0, 0.1) is 0 Å². The fourth-order valence-corrected chi connectivity index (χ4v) is 10.4. The Morgan fingerprint density at radius 3 is 1.26 bits per heavy atom. The second-order valence-corrected chi connectivity index (χ2v) is 22.8. The maximum absolute atomic E-state index is 13.0. The number of hydrogen-bond donors (Lipinski definition) is 6. The fraction of sp³-hybridized carbons (Fsp3) is 0.908. The number of unbranched alkanes of at least 4 members (excludes halogenated alkanes) is 41. The van der Waals surface area contributed by atoms with Gasteiger partial charge in [0.2, 0.25) is 5.91 Å². The number of carbonyl (C=O) groups excluding carboxylic acids is 2. The van der Waals surface area contributed by atoms with Gasteiger partial charge in [0.15, 0.2) is 6.29 Å². The van der Waals surface area contributed by atoms with Crippen LogP contribution in [0.25, 0.3) is 0 Å². The summed E-state index contributed by atoms with van der Waals surface area (Å²) in [6.45, 7) is 4.34. The Morgan fingerprint density at radius 2 is 0.842 bits per heavy atom. The number of aliphatic hydroxyl groups excluding tert-OH is 5. The van der Waals surface area contributed by atoms with Crippen LogP contribution >= 0.6 is 0 Å². The summed E-state index contributed by atoms with van der Waals surface area (Å²) >= 11 is 0. The molecule has 7 unspecified atom stereocenters. The highest BCUT2D eigenvalue weighted by molar-refractivity contribution is 5.76. The van der Waals surface area contributed by atoms with E-state index in [0.29, 0.717) is 19.4 Å². The van der Waals surface area contributed by atoms with Gasteiger partial charge in [-0.1, -0.05) is 269 Å². The van der Waals surface area contributed by atoms with Crippen LogP contribution in [-0.2, 0) is 23.8 Å². The van der Waals surface area contributed by atoms with Gasteiger partial charge in [-0.05, 0) is 57.8 Å². The van der Waals surface area contributed by atoms with E-state index in [1.807, 2.05) is 6.08 Å². The molecule has 1 aliphatic heterocycles. The molecule has 1 heterocycles. The first-order valence-corrected chi connectivity index (χ1v) is 32.6. The third-order valence-corrected chi connectivity index (χ3v) is 15.6. The van der Waals surface area contributed by atoms with Gasteiger partial charge in [0.1, 0.15) is 24.4 Å². The molecule has 1 saturated heterocycles. The second-order valence-electron chi connectivity index (χ2n) is 22.8. The van der Waals surface area contributed by atoms with Crippen molar-refractivity contribution in [1.82, 2.24) is 5.32 Å². The molecule has 0 aromatic heterocycles. The van der Waals surface area contributed by atoms with Gasteiger partial charge in [0, 0.05) is 12.8 Å². The zero-order valence-corrected chi connectivity index (χ0v) is 49.5. The Bertz CT molecular complexity index is 1310. The van der Waals surface area contributed by atoms with Crippen molar-refractivity contribution in [3.05, 3.63) is 24.3 Å². The number of rotatable bonds is 57. The van der Waals surface area contributed by atoms with E-state index in [-0.39, 0.29) is 18.5 Å². The third-order valence-electron chi connectivity index (χ3n) is 15.6. The molecule has 0 aliphatic carbocycles. The van der Waals surface area contributed by atoms with Crippen LogP contribution in [0.5, 0.6) is 0 Å². The Hall–Kier alpha value is -1.86. The van der Waals surface area contributed by atoms with Crippen LogP contribution in [-0.4, -0.2) is 100 Å². The van der Waals surface area contributed by atoms with Crippen LogP contribution in [0.1, 0.15) is 316 Å². The average Bonchev–Trinajstić information content (AvgIpc) is 3.42. The van der Waals surface area contributed by atoms with Crippen LogP contribution in [0.15, 0.2) is 24.3 Å². The summed E-state index contributed by atoms with van der Waals surface area (Å²) in [6.07, 6.45) is 57.3. The van der Waals surface area contributed by atoms with E-state index < -0.39 is 49.5 Å². The second kappa shape index (κ2) is 55.1. The zero-order valence-electron chi connectivity index (χ0n) is 49.5. The number of aliphatic hydroxyl groups is 5. The van der Waals surface area contributed by atoms with Crippen molar-refractivity contribution in [2.45, 2.75) is 358 Å². The number of amides is 1. The first-order chi connectivity index (χ1) is 37.2. The monoisotopic (exact) mass is 1080 g/mol. The largest absolute Gasteiger partial charge is 0.466 e. The van der Waals surface area contributed by atoms with E-state index in [2.05, 4.69) is 31.3 Å². The van der Waals surface area contributed by atoms with Crippen LogP contribution < -0.4 is 5.32 Å². The maximum Gasteiger partial charge on any atom is 0.305 e. The Labute approximate surface area is 467 Å². The lowest BCUT2D eigenvalue weighted by molar-refractivity contribution is -0.302. The molecule has 76 heavy (non-hydrogen) atoms. The maximum atomic E-state index is 13.0. The van der Waals surface area contributed by atoms with Crippen LogP contribution in [0.4, 0.5) is 0 Å². The minimum atomic E-state index is -1.57. The molecule has 1 amide bonds. The number of ether oxygens (including phenoxy) is 3. The van der Waals surface area contributed by atoms with Gasteiger partial charge in [-0.3, -0.25) is 9.59 Å². The number of hydrogen-bond acceptors (Lipinski definition) is 10. The lowest BCUT2D eigenvalue weighted by atomic mass is 9.99. The SMILES string of the molecule is CCCCCCCCCC/C=C/C(O)C(COC1OC(CO)C(O)C(O)C1O)NC(=O)CCCCCCCCCCCCC/C=C\CCCCCCCCCCCCCCOC(=O)CCCCCCCCCCCCC. The molecular weight excluding hydrogens is 955 g/mol. The molecule has 6 N–H and O–H groups in total. The number of allylic oxidation sites excluding steroid dienone is 3. The normalized spacial score (nSPS) is 18.8. The summed E-state index contributed by atoms with van der Waals surface area (Å²) in [6, 6.07) is -0.809. The molecule has 0 spiro atoms. The van der Waals surface area contributed by atoms with Crippen molar-refractivity contribution >= 4 is 11.9 Å². The van der Waals surface area contributed by atoms with Crippen LogP contribution in [0.2, 0.25) is 0 Å². The zero-order chi connectivity index (χ0) is 55.2. The van der Waals surface area contributed by atoms with Crippen molar-refractivity contribution in [1.29, 1.82) is 0 Å². The van der Waals surface area contributed by atoms with Gasteiger partial charge in [0.05, 0.1) is 32.0 Å². The number of carbonyl (C=O) groups is 2. The summed E-state index contributed by atoms with van der Waals surface area (Å²) in [5.74, 6) is -0.177. The molecule has 448 valence electrons. The lowest BCUT2D eigenvalue weighted by Crippen LogP contribution is -2.60. The first kappa shape index (κ1) is 72.2. The summed E-state index contributed by atoms with van der Waals surface area (Å²) < 4.78 is 16.7. The molecule has 7 atom stereocenters. The molecule has 0 aromatic carbocycles. The van der Waals surface area contributed by atoms with Crippen molar-refractivity contribution in [3.8, 4) is 0 Å². The Balaban J connectivity index is 1.98. The van der Waals surface area contributed by atoms with E-state index in [0.717, 1.165) is 57.8 Å². The van der Waals surface area contributed by atoms with Crippen molar-refractivity contribution in [2.75, 3.05) is 19.8 Å². The minimum Gasteiger partial charge on any atom is -0.466 e. The first-order valence-electron chi connectivity index (χ1n) is 32.6. The summed E-state index contributed by atoms with van der Waals surface area (Å²) in [7, 11) is 0. The molecular formula is C65H123NO10. The van der Waals surface area contributed by atoms with Gasteiger partial charge < -0.3 is 45.1 Å². The molecule has 1 rings (SSSR count). The predicted octanol–water partition coefficient (Wildman–Crippen LogP) is 15.7. The van der Waals surface area contributed by atoms with Gasteiger partial charge in [-0.2, -0.15) is 0 Å². The van der Waals surface area contributed by atoms with Crippen LogP contribution in [0.3, 0.4) is 0 Å². The van der Waals surface area contributed by atoms with E-state index >= 15 is 0 Å². The smallest absolute Gasteiger partial charge is 0.305 e. The quantitative estimate of drug-likeness (QED) is 0.0195. The van der Waals surface area contributed by atoms with Gasteiger partial charge >= 0.3 is 5.97 Å². The fourth-order valence-electron chi connectivity index (χ4n) is 10.4. The van der Waals surface area contributed by atoms with E-state index in [1.54, 1.807) is 6.08 Å². The molecule has 11 heteroatoms. The third kappa shape index (κ3) is 44.0. The Morgan fingerprint density at radius 1 is 0.474 bits per heavy atom.